The van der Waals surface area contributed by atoms with Crippen molar-refractivity contribution in [3.63, 3.8) is 0 Å². The van der Waals surface area contributed by atoms with Gasteiger partial charge in [-0.1, -0.05) is 0 Å². The summed E-state index contributed by atoms with van der Waals surface area (Å²) in [6, 6.07) is 0. The van der Waals surface area contributed by atoms with Crippen molar-refractivity contribution in [3.05, 3.63) is 11.9 Å². The van der Waals surface area contributed by atoms with E-state index in [0.29, 0.717) is 23.7 Å². The van der Waals surface area contributed by atoms with Crippen LogP contribution in [0.3, 0.4) is 0 Å². The number of aromatic amines is 1. The maximum absolute atomic E-state index is 12.6. The molecule has 0 saturated carbocycles. The number of nitrogens with one attached hydrogen (secondary N) is 2. The standard InChI is InChI=1S/C12H20N4O2S.ClH/c1-10-11(8-14-15-10)19(17,18)16-7-4-12(9-16)2-5-13-6-3-12;/h8,13H,2-7,9H2,1H3,(H,14,15);1H. The zero-order chi connectivity index (χ0) is 13.5. The fourth-order valence-electron chi connectivity index (χ4n) is 3.20. The Kier molecular flexibility index (Phi) is 4.44. The third kappa shape index (κ3) is 2.59. The second kappa shape index (κ2) is 5.63. The highest BCUT2D eigenvalue weighted by atomic mass is 35.5. The lowest BCUT2D eigenvalue weighted by atomic mass is 9.78. The first kappa shape index (κ1) is 15.8. The first-order valence-corrected chi connectivity index (χ1v) is 8.18. The van der Waals surface area contributed by atoms with E-state index < -0.39 is 10.0 Å². The topological polar surface area (TPSA) is 78.1 Å². The van der Waals surface area contributed by atoms with E-state index in [1.54, 1.807) is 11.2 Å². The molecule has 8 heteroatoms. The second-order valence-electron chi connectivity index (χ2n) is 5.70. The molecule has 3 rings (SSSR count). The van der Waals surface area contributed by atoms with E-state index in [-0.39, 0.29) is 17.8 Å². The number of piperidine rings is 1. The monoisotopic (exact) mass is 320 g/mol. The number of halogens is 1. The summed E-state index contributed by atoms with van der Waals surface area (Å²) in [6.07, 6.45) is 4.54. The van der Waals surface area contributed by atoms with Gasteiger partial charge >= 0.3 is 0 Å². The molecule has 6 nitrogen and oxygen atoms in total. The molecule has 2 aliphatic heterocycles. The maximum Gasteiger partial charge on any atom is 0.246 e. The van der Waals surface area contributed by atoms with Gasteiger partial charge in [-0.15, -0.1) is 12.4 Å². The fourth-order valence-corrected chi connectivity index (χ4v) is 4.88. The van der Waals surface area contributed by atoms with Crippen LogP contribution in [0.15, 0.2) is 11.1 Å². The number of H-pyrrole nitrogens is 1. The second-order valence-corrected chi connectivity index (χ2v) is 7.60. The molecular weight excluding hydrogens is 300 g/mol. The predicted molar refractivity (Wildman–Crippen MR) is 78.5 cm³/mol. The van der Waals surface area contributed by atoms with Crippen molar-refractivity contribution in [3.8, 4) is 0 Å². The minimum atomic E-state index is -3.38. The molecule has 0 radical (unpaired) electrons. The van der Waals surface area contributed by atoms with Crippen LogP contribution in [0.2, 0.25) is 0 Å². The Labute approximate surface area is 125 Å². The van der Waals surface area contributed by atoms with Crippen molar-refractivity contribution in [1.29, 1.82) is 0 Å². The van der Waals surface area contributed by atoms with Crippen LogP contribution in [0.25, 0.3) is 0 Å². The highest BCUT2D eigenvalue weighted by molar-refractivity contribution is 7.89. The Morgan fingerprint density at radius 1 is 1.30 bits per heavy atom. The van der Waals surface area contributed by atoms with Gasteiger partial charge in [-0.3, -0.25) is 5.10 Å². The molecule has 20 heavy (non-hydrogen) atoms. The number of hydrogen-bond donors (Lipinski definition) is 2. The van der Waals surface area contributed by atoms with Crippen LogP contribution < -0.4 is 5.32 Å². The van der Waals surface area contributed by atoms with E-state index in [1.807, 2.05) is 0 Å². The van der Waals surface area contributed by atoms with E-state index in [0.717, 1.165) is 32.4 Å². The molecule has 2 N–H and O–H groups in total. The SMILES string of the molecule is Cc1[nH]ncc1S(=O)(=O)N1CCC2(CCNCC2)C1.Cl. The van der Waals surface area contributed by atoms with E-state index >= 15 is 0 Å². The van der Waals surface area contributed by atoms with Crippen molar-refractivity contribution in [2.75, 3.05) is 26.2 Å². The van der Waals surface area contributed by atoms with Gasteiger partial charge in [0, 0.05) is 13.1 Å². The smallest absolute Gasteiger partial charge is 0.246 e. The van der Waals surface area contributed by atoms with Crippen molar-refractivity contribution < 1.29 is 8.42 Å². The van der Waals surface area contributed by atoms with Crippen LogP contribution in [0.4, 0.5) is 0 Å². The predicted octanol–water partition coefficient (Wildman–Crippen LogP) is 0.904. The Hall–Kier alpha value is -0.630. The lowest BCUT2D eigenvalue weighted by Crippen LogP contribution is -2.39. The average Bonchev–Trinajstić information content (AvgIpc) is 2.98. The molecule has 2 aliphatic rings. The summed E-state index contributed by atoms with van der Waals surface area (Å²) < 4.78 is 26.8. The van der Waals surface area contributed by atoms with Crippen molar-refractivity contribution in [2.24, 2.45) is 5.41 Å². The van der Waals surface area contributed by atoms with Gasteiger partial charge in [0.2, 0.25) is 10.0 Å². The summed E-state index contributed by atoms with van der Waals surface area (Å²) in [6.45, 7) is 5.03. The van der Waals surface area contributed by atoms with Gasteiger partial charge in [0.25, 0.3) is 0 Å². The van der Waals surface area contributed by atoms with Crippen LogP contribution in [-0.2, 0) is 10.0 Å². The van der Waals surface area contributed by atoms with E-state index in [4.69, 9.17) is 0 Å². The van der Waals surface area contributed by atoms with Crippen LogP contribution in [0.1, 0.15) is 25.0 Å². The molecule has 1 aromatic heterocycles. The lowest BCUT2D eigenvalue weighted by Gasteiger charge is -2.33. The molecule has 1 aromatic rings. The molecule has 0 amide bonds. The third-order valence-corrected chi connectivity index (χ3v) is 6.43. The molecule has 0 aromatic carbocycles. The number of rotatable bonds is 2. The van der Waals surface area contributed by atoms with E-state index in [1.165, 1.54) is 6.20 Å². The quantitative estimate of drug-likeness (QED) is 0.849. The van der Waals surface area contributed by atoms with Gasteiger partial charge in [-0.2, -0.15) is 9.40 Å². The van der Waals surface area contributed by atoms with Crippen molar-refractivity contribution in [2.45, 2.75) is 31.1 Å². The minimum absolute atomic E-state index is 0. The number of aromatic nitrogens is 2. The molecular formula is C12H21ClN4O2S. The number of nitrogens with zero attached hydrogens (tertiary/aromatic N) is 2. The molecule has 0 aliphatic carbocycles. The highest BCUT2D eigenvalue weighted by Crippen LogP contribution is 2.40. The van der Waals surface area contributed by atoms with Gasteiger partial charge in [-0.05, 0) is 44.7 Å². The molecule has 0 bridgehead atoms. The molecule has 2 saturated heterocycles. The normalized spacial score (nSPS) is 22.9. The summed E-state index contributed by atoms with van der Waals surface area (Å²) >= 11 is 0. The summed E-state index contributed by atoms with van der Waals surface area (Å²) in [5, 5.41) is 9.87. The minimum Gasteiger partial charge on any atom is -0.317 e. The first-order valence-electron chi connectivity index (χ1n) is 6.74. The number of hydrogen-bond acceptors (Lipinski definition) is 4. The van der Waals surface area contributed by atoms with Crippen molar-refractivity contribution >= 4 is 22.4 Å². The number of aryl methyl sites for hydroxylation is 1. The molecule has 114 valence electrons. The Morgan fingerprint density at radius 3 is 2.60 bits per heavy atom. The van der Waals surface area contributed by atoms with Crippen molar-refractivity contribution in [1.82, 2.24) is 19.8 Å². The molecule has 1 spiro atoms. The van der Waals surface area contributed by atoms with Gasteiger partial charge in [-0.25, -0.2) is 8.42 Å². The Balaban J connectivity index is 0.00000147. The average molecular weight is 321 g/mol. The summed E-state index contributed by atoms with van der Waals surface area (Å²) in [7, 11) is -3.38. The number of sulfonamides is 1. The van der Waals surface area contributed by atoms with E-state index in [2.05, 4.69) is 15.5 Å². The molecule has 2 fully saturated rings. The zero-order valence-electron chi connectivity index (χ0n) is 11.6. The molecule has 0 atom stereocenters. The lowest BCUT2D eigenvalue weighted by molar-refractivity contribution is 0.218. The molecule has 0 unspecified atom stereocenters. The van der Waals surface area contributed by atoms with Crippen LogP contribution in [0.5, 0.6) is 0 Å². The fraction of sp³-hybridized carbons (Fsp3) is 0.750. The maximum atomic E-state index is 12.6. The Bertz CT molecular complexity index is 566. The van der Waals surface area contributed by atoms with Crippen LogP contribution in [-0.4, -0.2) is 49.1 Å². The van der Waals surface area contributed by atoms with E-state index in [9.17, 15) is 8.42 Å². The largest absolute Gasteiger partial charge is 0.317 e. The first-order chi connectivity index (χ1) is 9.04. The van der Waals surface area contributed by atoms with Gasteiger partial charge in [0.15, 0.2) is 0 Å². The van der Waals surface area contributed by atoms with Gasteiger partial charge < -0.3 is 5.32 Å². The Morgan fingerprint density at radius 2 is 2.00 bits per heavy atom. The third-order valence-electron chi connectivity index (χ3n) is 4.47. The van der Waals surface area contributed by atoms with Crippen LogP contribution >= 0.6 is 12.4 Å². The van der Waals surface area contributed by atoms with Crippen LogP contribution in [0, 0.1) is 12.3 Å². The van der Waals surface area contributed by atoms with Gasteiger partial charge in [0.1, 0.15) is 4.90 Å². The summed E-state index contributed by atoms with van der Waals surface area (Å²) in [5.74, 6) is 0. The highest BCUT2D eigenvalue weighted by Gasteiger charge is 2.43. The summed E-state index contributed by atoms with van der Waals surface area (Å²) in [4.78, 5) is 0.318. The molecule has 3 heterocycles. The summed E-state index contributed by atoms with van der Waals surface area (Å²) in [5.41, 5.74) is 0.807. The zero-order valence-corrected chi connectivity index (χ0v) is 13.2. The van der Waals surface area contributed by atoms with Gasteiger partial charge in [0.05, 0.1) is 11.9 Å².